The van der Waals surface area contributed by atoms with Crippen molar-refractivity contribution in [3.63, 3.8) is 0 Å². The number of amides is 1. The molecule has 5 heteroatoms. The van der Waals surface area contributed by atoms with E-state index in [9.17, 15) is 14.7 Å². The number of carbonyl (C=O) groups is 2. The molecule has 2 rings (SSSR count). The fourth-order valence-corrected chi connectivity index (χ4v) is 2.58. The number of benzene rings is 2. The van der Waals surface area contributed by atoms with E-state index < -0.39 is 24.0 Å². The van der Waals surface area contributed by atoms with Gasteiger partial charge in [-0.2, -0.15) is 0 Å². The average Bonchev–Trinajstić information content (AvgIpc) is 2.65. The van der Waals surface area contributed by atoms with Crippen LogP contribution in [-0.2, 0) is 14.9 Å². The molecule has 26 heavy (non-hydrogen) atoms. The van der Waals surface area contributed by atoms with Gasteiger partial charge >= 0.3 is 5.97 Å². The van der Waals surface area contributed by atoms with Crippen molar-refractivity contribution in [1.82, 2.24) is 5.32 Å². The highest BCUT2D eigenvalue weighted by atomic mass is 16.5. The molecule has 0 aliphatic rings. The van der Waals surface area contributed by atoms with E-state index in [2.05, 4.69) is 26.1 Å². The van der Waals surface area contributed by atoms with Gasteiger partial charge in [0.2, 0.25) is 0 Å². The lowest BCUT2D eigenvalue weighted by molar-refractivity contribution is -0.146. The van der Waals surface area contributed by atoms with Gasteiger partial charge in [-0.1, -0.05) is 63.2 Å². The summed E-state index contributed by atoms with van der Waals surface area (Å²) in [4.78, 5) is 24.5. The van der Waals surface area contributed by atoms with Gasteiger partial charge in [0.1, 0.15) is 6.10 Å². The summed E-state index contributed by atoms with van der Waals surface area (Å²) < 4.78 is 4.76. The molecule has 0 saturated heterocycles. The minimum atomic E-state index is -1.22. The number of ether oxygens (including phenoxy) is 1. The number of carbonyl (C=O) groups excluding carboxylic acids is 2. The van der Waals surface area contributed by atoms with E-state index in [1.54, 1.807) is 42.5 Å². The van der Waals surface area contributed by atoms with Gasteiger partial charge in [0.05, 0.1) is 7.11 Å². The third kappa shape index (κ3) is 4.70. The first-order valence-electron chi connectivity index (χ1n) is 8.46. The summed E-state index contributed by atoms with van der Waals surface area (Å²) in [6.07, 6.45) is -1.22. The number of aliphatic hydroxyl groups is 1. The highest BCUT2D eigenvalue weighted by Crippen LogP contribution is 2.25. The zero-order valence-corrected chi connectivity index (χ0v) is 15.5. The first kappa shape index (κ1) is 19.7. The molecule has 0 heterocycles. The lowest BCUT2D eigenvalue weighted by atomic mass is 9.86. The van der Waals surface area contributed by atoms with Gasteiger partial charge in [-0.3, -0.25) is 4.79 Å². The molecule has 0 saturated carbocycles. The quantitative estimate of drug-likeness (QED) is 0.809. The Morgan fingerprint density at radius 2 is 1.58 bits per heavy atom. The Hall–Kier alpha value is -2.66. The van der Waals surface area contributed by atoms with Crippen molar-refractivity contribution in [2.75, 3.05) is 7.11 Å². The first-order chi connectivity index (χ1) is 12.2. The number of nitrogens with one attached hydrogen (secondary N) is 1. The maximum Gasteiger partial charge on any atom is 0.331 e. The van der Waals surface area contributed by atoms with Crippen molar-refractivity contribution in [1.29, 1.82) is 0 Å². The second-order valence-corrected chi connectivity index (χ2v) is 7.16. The predicted octanol–water partition coefficient (Wildman–Crippen LogP) is 2.99. The first-order valence-corrected chi connectivity index (χ1v) is 8.46. The molecule has 0 radical (unpaired) electrons. The Morgan fingerprint density at radius 3 is 2.08 bits per heavy atom. The molecule has 2 N–H and O–H groups in total. The Morgan fingerprint density at radius 1 is 1.00 bits per heavy atom. The van der Waals surface area contributed by atoms with Crippen LogP contribution in [-0.4, -0.2) is 30.1 Å². The third-order valence-corrected chi connectivity index (χ3v) is 4.21. The van der Waals surface area contributed by atoms with E-state index in [0.717, 1.165) is 5.56 Å². The van der Waals surface area contributed by atoms with E-state index in [4.69, 9.17) is 4.74 Å². The smallest absolute Gasteiger partial charge is 0.331 e. The Labute approximate surface area is 154 Å². The van der Waals surface area contributed by atoms with E-state index in [1.165, 1.54) is 7.11 Å². The van der Waals surface area contributed by atoms with Crippen LogP contribution in [0.4, 0.5) is 0 Å². The van der Waals surface area contributed by atoms with E-state index >= 15 is 0 Å². The monoisotopic (exact) mass is 355 g/mol. The molecule has 5 nitrogen and oxygen atoms in total. The topological polar surface area (TPSA) is 75.6 Å². The molecule has 2 atom stereocenters. The minimum absolute atomic E-state index is 0.0211. The number of methoxy groups -OCH3 is 1. The van der Waals surface area contributed by atoms with Gasteiger partial charge in [-0.05, 0) is 28.7 Å². The standard InChI is InChI=1S/C21H25NO4/c1-21(2,3)16-12-10-14(11-13-16)18(23)17(20(25)26-4)22-19(24)15-8-6-5-7-9-15/h5-13,17-18,23H,1-4H3,(H,22,24)/t17-,18-/m0/s1. The summed E-state index contributed by atoms with van der Waals surface area (Å²) in [6, 6.07) is 14.6. The number of esters is 1. The largest absolute Gasteiger partial charge is 0.467 e. The van der Waals surface area contributed by atoms with Crippen LogP contribution < -0.4 is 5.32 Å². The normalized spacial score (nSPS) is 13.6. The van der Waals surface area contributed by atoms with Crippen LogP contribution in [0.3, 0.4) is 0 Å². The molecular weight excluding hydrogens is 330 g/mol. The molecule has 0 aliphatic carbocycles. The SMILES string of the molecule is COC(=O)[C@@H](NC(=O)c1ccccc1)[C@@H](O)c1ccc(C(C)(C)C)cc1. The maximum absolute atomic E-state index is 12.4. The van der Waals surface area contributed by atoms with Gasteiger partial charge in [-0.15, -0.1) is 0 Å². The average molecular weight is 355 g/mol. The summed E-state index contributed by atoms with van der Waals surface area (Å²) in [7, 11) is 1.22. The molecule has 0 spiro atoms. The Balaban J connectivity index is 2.23. The highest BCUT2D eigenvalue weighted by Gasteiger charge is 2.31. The predicted molar refractivity (Wildman–Crippen MR) is 99.8 cm³/mol. The van der Waals surface area contributed by atoms with Crippen LogP contribution >= 0.6 is 0 Å². The van der Waals surface area contributed by atoms with Crippen LogP contribution in [0, 0.1) is 0 Å². The summed E-state index contributed by atoms with van der Waals surface area (Å²) in [5.41, 5.74) is 2.02. The molecule has 0 unspecified atom stereocenters. The molecule has 2 aromatic rings. The summed E-state index contributed by atoms with van der Waals surface area (Å²) in [5, 5.41) is 13.2. The van der Waals surface area contributed by atoms with Crippen LogP contribution in [0.2, 0.25) is 0 Å². The molecule has 138 valence electrons. The van der Waals surface area contributed by atoms with Crippen molar-refractivity contribution in [2.24, 2.45) is 0 Å². The van der Waals surface area contributed by atoms with E-state index in [0.29, 0.717) is 11.1 Å². The minimum Gasteiger partial charge on any atom is -0.467 e. The summed E-state index contributed by atoms with van der Waals surface area (Å²) >= 11 is 0. The van der Waals surface area contributed by atoms with Gasteiger partial charge in [0.25, 0.3) is 5.91 Å². The van der Waals surface area contributed by atoms with Crippen LogP contribution in [0.5, 0.6) is 0 Å². The summed E-state index contributed by atoms with van der Waals surface area (Å²) in [6.45, 7) is 6.28. The number of hydrogen-bond donors (Lipinski definition) is 2. The van der Waals surface area contributed by atoms with Gasteiger partial charge in [-0.25, -0.2) is 4.79 Å². The lowest BCUT2D eigenvalue weighted by Gasteiger charge is -2.24. The molecule has 2 aromatic carbocycles. The van der Waals surface area contributed by atoms with Crippen LogP contribution in [0.1, 0.15) is 48.4 Å². The molecule has 0 bridgehead atoms. The van der Waals surface area contributed by atoms with Crippen molar-refractivity contribution < 1.29 is 19.4 Å². The van der Waals surface area contributed by atoms with Gasteiger partial charge in [0, 0.05) is 5.56 Å². The van der Waals surface area contributed by atoms with Crippen molar-refractivity contribution in [3.05, 3.63) is 71.3 Å². The molecule has 0 fully saturated rings. The summed E-state index contributed by atoms with van der Waals surface area (Å²) in [5.74, 6) is -1.16. The molecule has 1 amide bonds. The highest BCUT2D eigenvalue weighted by molar-refractivity contribution is 5.96. The fraction of sp³-hybridized carbons (Fsp3) is 0.333. The van der Waals surface area contributed by atoms with Gasteiger partial charge < -0.3 is 15.2 Å². The number of hydrogen-bond acceptors (Lipinski definition) is 4. The van der Waals surface area contributed by atoms with Crippen molar-refractivity contribution in [3.8, 4) is 0 Å². The van der Waals surface area contributed by atoms with E-state index in [-0.39, 0.29) is 5.41 Å². The van der Waals surface area contributed by atoms with Crippen LogP contribution in [0.25, 0.3) is 0 Å². The maximum atomic E-state index is 12.4. The fourth-order valence-electron chi connectivity index (χ4n) is 2.58. The third-order valence-electron chi connectivity index (χ3n) is 4.21. The molecule has 0 aromatic heterocycles. The van der Waals surface area contributed by atoms with Gasteiger partial charge in [0.15, 0.2) is 6.04 Å². The second-order valence-electron chi connectivity index (χ2n) is 7.16. The molecular formula is C21H25NO4. The second kappa shape index (κ2) is 8.15. The zero-order valence-electron chi connectivity index (χ0n) is 15.5. The van der Waals surface area contributed by atoms with Crippen LogP contribution in [0.15, 0.2) is 54.6 Å². The Bertz CT molecular complexity index is 748. The van der Waals surface area contributed by atoms with E-state index in [1.807, 2.05) is 12.1 Å². The lowest BCUT2D eigenvalue weighted by Crippen LogP contribution is -2.45. The zero-order chi connectivity index (χ0) is 19.3. The van der Waals surface area contributed by atoms with Crippen molar-refractivity contribution >= 4 is 11.9 Å². The number of rotatable bonds is 5. The van der Waals surface area contributed by atoms with Crippen molar-refractivity contribution in [2.45, 2.75) is 38.3 Å². The number of aliphatic hydroxyl groups excluding tert-OH is 1. The Kier molecular flexibility index (Phi) is 6.16. The molecule has 0 aliphatic heterocycles.